The number of hydrogen-bond donors (Lipinski definition) is 0. The first kappa shape index (κ1) is 19.1. The van der Waals surface area contributed by atoms with Crippen LogP contribution in [0.4, 0.5) is 0 Å². The van der Waals surface area contributed by atoms with E-state index in [9.17, 15) is 9.59 Å². The SMILES string of the molecule is COc1cc(C=c2sc3nc(-c4ccccc4Cl)nn3c2=O)ccc1OC(C)=O. The van der Waals surface area contributed by atoms with Crippen molar-refractivity contribution in [2.24, 2.45) is 0 Å². The zero-order valence-corrected chi connectivity index (χ0v) is 17.0. The van der Waals surface area contributed by atoms with Crippen molar-refractivity contribution >= 4 is 39.9 Å². The normalized spacial score (nSPS) is 11.8. The van der Waals surface area contributed by atoms with Crippen molar-refractivity contribution in [3.8, 4) is 22.9 Å². The summed E-state index contributed by atoms with van der Waals surface area (Å²) in [5, 5.41) is 4.82. The molecule has 0 N–H and O–H groups in total. The van der Waals surface area contributed by atoms with Gasteiger partial charge in [-0.1, -0.05) is 41.1 Å². The number of ether oxygens (including phenoxy) is 2. The van der Waals surface area contributed by atoms with E-state index in [2.05, 4.69) is 10.1 Å². The zero-order valence-electron chi connectivity index (χ0n) is 15.4. The number of esters is 1. The first-order valence-corrected chi connectivity index (χ1v) is 9.68. The standard InChI is InChI=1S/C20H14ClN3O4S/c1-11(25)28-15-8-7-12(9-16(15)27-2)10-17-19(26)24-20(29-17)22-18(23-24)13-5-3-4-6-14(13)21/h3-10H,1-2H3. The Balaban J connectivity index is 1.75. The largest absolute Gasteiger partial charge is 0.493 e. The summed E-state index contributed by atoms with van der Waals surface area (Å²) in [4.78, 5) is 28.8. The van der Waals surface area contributed by atoms with Gasteiger partial charge in [-0.3, -0.25) is 9.59 Å². The van der Waals surface area contributed by atoms with Gasteiger partial charge in [0.1, 0.15) is 0 Å². The van der Waals surface area contributed by atoms with E-state index in [-0.39, 0.29) is 5.56 Å². The number of carbonyl (C=O) groups is 1. The molecule has 2 aromatic heterocycles. The van der Waals surface area contributed by atoms with Gasteiger partial charge in [-0.15, -0.1) is 5.10 Å². The molecule has 7 nitrogen and oxygen atoms in total. The Morgan fingerprint density at radius 2 is 2.00 bits per heavy atom. The number of aromatic nitrogens is 3. The smallest absolute Gasteiger partial charge is 0.308 e. The molecular formula is C20H14ClN3O4S. The number of methoxy groups -OCH3 is 1. The van der Waals surface area contributed by atoms with Gasteiger partial charge in [0, 0.05) is 12.5 Å². The third kappa shape index (κ3) is 3.72. The van der Waals surface area contributed by atoms with E-state index in [0.717, 1.165) is 0 Å². The molecule has 0 aliphatic carbocycles. The van der Waals surface area contributed by atoms with E-state index in [1.54, 1.807) is 36.4 Å². The van der Waals surface area contributed by atoms with Crippen molar-refractivity contribution in [2.45, 2.75) is 6.92 Å². The van der Waals surface area contributed by atoms with E-state index >= 15 is 0 Å². The quantitative estimate of drug-likeness (QED) is 0.368. The molecule has 0 amide bonds. The van der Waals surface area contributed by atoms with Gasteiger partial charge in [0.2, 0.25) is 4.96 Å². The maximum absolute atomic E-state index is 12.7. The van der Waals surface area contributed by atoms with Crippen LogP contribution in [0.2, 0.25) is 5.02 Å². The molecule has 2 aromatic carbocycles. The lowest BCUT2D eigenvalue weighted by Gasteiger charge is -2.08. The molecule has 0 fully saturated rings. The number of hydrogen-bond acceptors (Lipinski definition) is 7. The van der Waals surface area contributed by atoms with Gasteiger partial charge < -0.3 is 9.47 Å². The van der Waals surface area contributed by atoms with Gasteiger partial charge in [-0.2, -0.15) is 9.50 Å². The molecule has 4 aromatic rings. The average molecular weight is 428 g/mol. The molecule has 0 unspecified atom stereocenters. The maximum Gasteiger partial charge on any atom is 0.308 e. The Morgan fingerprint density at radius 1 is 1.21 bits per heavy atom. The van der Waals surface area contributed by atoms with Crippen LogP contribution in [0.15, 0.2) is 47.3 Å². The van der Waals surface area contributed by atoms with E-state index in [0.29, 0.717) is 43.0 Å². The number of rotatable bonds is 4. The van der Waals surface area contributed by atoms with Crippen LogP contribution in [0.5, 0.6) is 11.5 Å². The molecule has 0 saturated carbocycles. The minimum atomic E-state index is -0.443. The van der Waals surface area contributed by atoms with Gasteiger partial charge in [0.15, 0.2) is 17.3 Å². The third-order valence-electron chi connectivity index (χ3n) is 4.04. The predicted molar refractivity (Wildman–Crippen MR) is 111 cm³/mol. The molecule has 0 radical (unpaired) electrons. The van der Waals surface area contributed by atoms with Crippen molar-refractivity contribution in [3.05, 3.63) is 67.9 Å². The lowest BCUT2D eigenvalue weighted by molar-refractivity contribution is -0.132. The summed E-state index contributed by atoms with van der Waals surface area (Å²) < 4.78 is 12.1. The second-order valence-electron chi connectivity index (χ2n) is 6.03. The fraction of sp³-hybridized carbons (Fsp3) is 0.100. The summed E-state index contributed by atoms with van der Waals surface area (Å²) in [6, 6.07) is 12.2. The topological polar surface area (TPSA) is 82.8 Å². The summed E-state index contributed by atoms with van der Waals surface area (Å²) in [5.74, 6) is 0.660. The highest BCUT2D eigenvalue weighted by Crippen LogP contribution is 2.28. The molecule has 0 bridgehead atoms. The zero-order chi connectivity index (χ0) is 20.5. The first-order chi connectivity index (χ1) is 14.0. The predicted octanol–water partition coefficient (Wildman–Crippen LogP) is 2.95. The molecule has 0 atom stereocenters. The molecule has 2 heterocycles. The second kappa shape index (κ2) is 7.65. The van der Waals surface area contributed by atoms with Crippen molar-refractivity contribution in [3.63, 3.8) is 0 Å². The fourth-order valence-electron chi connectivity index (χ4n) is 2.75. The Bertz CT molecular complexity index is 1350. The number of carbonyl (C=O) groups excluding carboxylic acids is 1. The van der Waals surface area contributed by atoms with Gasteiger partial charge in [0.05, 0.1) is 16.7 Å². The molecule has 0 saturated heterocycles. The van der Waals surface area contributed by atoms with Crippen LogP contribution in [0.25, 0.3) is 22.4 Å². The minimum absolute atomic E-state index is 0.279. The molecule has 9 heteroatoms. The number of halogens is 1. The summed E-state index contributed by atoms with van der Waals surface area (Å²) in [5.41, 5.74) is 1.10. The van der Waals surface area contributed by atoms with Crippen LogP contribution in [-0.2, 0) is 4.79 Å². The highest BCUT2D eigenvalue weighted by Gasteiger charge is 2.14. The molecule has 0 aliphatic rings. The van der Waals surface area contributed by atoms with Crippen molar-refractivity contribution in [2.75, 3.05) is 7.11 Å². The second-order valence-corrected chi connectivity index (χ2v) is 7.45. The summed E-state index contributed by atoms with van der Waals surface area (Å²) in [6.45, 7) is 1.31. The Morgan fingerprint density at radius 3 is 2.69 bits per heavy atom. The number of nitrogens with zero attached hydrogens (tertiary/aromatic N) is 3. The lowest BCUT2D eigenvalue weighted by Crippen LogP contribution is -2.23. The average Bonchev–Trinajstić information content (AvgIpc) is 3.22. The van der Waals surface area contributed by atoms with Crippen molar-refractivity contribution in [1.29, 1.82) is 0 Å². The van der Waals surface area contributed by atoms with Crippen LogP contribution < -0.4 is 19.6 Å². The Kier molecular flexibility index (Phi) is 5.04. The minimum Gasteiger partial charge on any atom is -0.493 e. The monoisotopic (exact) mass is 427 g/mol. The van der Waals surface area contributed by atoms with E-state index in [1.807, 2.05) is 12.1 Å². The van der Waals surface area contributed by atoms with Crippen LogP contribution >= 0.6 is 22.9 Å². The summed E-state index contributed by atoms with van der Waals surface area (Å²) in [7, 11) is 1.48. The van der Waals surface area contributed by atoms with Gasteiger partial charge >= 0.3 is 5.97 Å². The molecule has 0 spiro atoms. The Labute approximate surface area is 173 Å². The van der Waals surface area contributed by atoms with Crippen molar-refractivity contribution < 1.29 is 14.3 Å². The van der Waals surface area contributed by atoms with Gasteiger partial charge in [-0.05, 0) is 35.9 Å². The highest BCUT2D eigenvalue weighted by molar-refractivity contribution is 7.15. The first-order valence-electron chi connectivity index (χ1n) is 8.49. The number of fused-ring (bicyclic) bond motifs is 1. The molecule has 4 rings (SSSR count). The van der Waals surface area contributed by atoms with Crippen LogP contribution in [-0.4, -0.2) is 27.7 Å². The number of benzene rings is 2. The van der Waals surface area contributed by atoms with Crippen LogP contribution in [0.3, 0.4) is 0 Å². The summed E-state index contributed by atoms with van der Waals surface area (Å²) >= 11 is 7.41. The van der Waals surface area contributed by atoms with Crippen LogP contribution in [0, 0.1) is 0 Å². The Hall–Kier alpha value is -3.23. The summed E-state index contributed by atoms with van der Waals surface area (Å²) in [6.07, 6.45) is 1.71. The lowest BCUT2D eigenvalue weighted by atomic mass is 10.2. The highest BCUT2D eigenvalue weighted by atomic mass is 35.5. The molecule has 0 aliphatic heterocycles. The molecule has 29 heavy (non-hydrogen) atoms. The molecule has 146 valence electrons. The maximum atomic E-state index is 12.7. The van der Waals surface area contributed by atoms with Gasteiger partial charge in [0.25, 0.3) is 5.56 Å². The van der Waals surface area contributed by atoms with E-state index < -0.39 is 5.97 Å². The number of thiazole rings is 1. The van der Waals surface area contributed by atoms with E-state index in [4.69, 9.17) is 21.1 Å². The van der Waals surface area contributed by atoms with Gasteiger partial charge in [-0.25, -0.2) is 0 Å². The third-order valence-corrected chi connectivity index (χ3v) is 5.32. The molecular weight excluding hydrogens is 414 g/mol. The van der Waals surface area contributed by atoms with Crippen LogP contribution in [0.1, 0.15) is 12.5 Å². The van der Waals surface area contributed by atoms with E-state index in [1.165, 1.54) is 29.9 Å². The fourth-order valence-corrected chi connectivity index (χ4v) is 3.88. The van der Waals surface area contributed by atoms with Crippen molar-refractivity contribution in [1.82, 2.24) is 14.6 Å².